The van der Waals surface area contributed by atoms with E-state index in [0.29, 0.717) is 16.6 Å². The van der Waals surface area contributed by atoms with Gasteiger partial charge >= 0.3 is 0 Å². The maximum Gasteiger partial charge on any atom is 0.224 e. The fourth-order valence-electron chi connectivity index (χ4n) is 1.90. The molecule has 0 radical (unpaired) electrons. The lowest BCUT2D eigenvalue weighted by Crippen LogP contribution is -2.11. The SMILES string of the molecule is O=C(CCCc1ccccc1)Nc1ccc(F)c(Br)c1. The minimum atomic E-state index is -0.341. The van der Waals surface area contributed by atoms with Crippen LogP contribution in [0.1, 0.15) is 18.4 Å². The Bertz CT molecular complexity index is 586. The van der Waals surface area contributed by atoms with E-state index in [1.165, 1.54) is 11.6 Å². The van der Waals surface area contributed by atoms with Crippen LogP contribution in [0.5, 0.6) is 0 Å². The first-order valence-electron chi connectivity index (χ1n) is 6.44. The van der Waals surface area contributed by atoms with Gasteiger partial charge in [-0.25, -0.2) is 4.39 Å². The molecule has 4 heteroatoms. The average molecular weight is 336 g/mol. The van der Waals surface area contributed by atoms with Crippen molar-refractivity contribution in [2.45, 2.75) is 19.3 Å². The van der Waals surface area contributed by atoms with Crippen LogP contribution in [0.2, 0.25) is 0 Å². The third-order valence-electron chi connectivity index (χ3n) is 2.92. The van der Waals surface area contributed by atoms with Gasteiger partial charge in [0.2, 0.25) is 5.91 Å². The molecule has 0 bridgehead atoms. The molecule has 0 fully saturated rings. The molecule has 2 aromatic carbocycles. The molecule has 2 aromatic rings. The van der Waals surface area contributed by atoms with E-state index in [1.54, 1.807) is 12.1 Å². The first kappa shape index (κ1) is 14.7. The number of halogens is 2. The van der Waals surface area contributed by atoms with Crippen molar-refractivity contribution in [1.82, 2.24) is 0 Å². The Morgan fingerprint density at radius 1 is 1.15 bits per heavy atom. The second-order valence-electron chi connectivity index (χ2n) is 4.52. The highest BCUT2D eigenvalue weighted by Crippen LogP contribution is 2.20. The van der Waals surface area contributed by atoms with Gasteiger partial charge in [-0.3, -0.25) is 4.79 Å². The molecule has 0 aliphatic heterocycles. The lowest BCUT2D eigenvalue weighted by atomic mass is 10.1. The number of benzene rings is 2. The molecule has 0 saturated heterocycles. The number of carbonyl (C=O) groups is 1. The molecular weight excluding hydrogens is 321 g/mol. The molecule has 1 amide bonds. The van der Waals surface area contributed by atoms with Crippen molar-refractivity contribution in [2.75, 3.05) is 5.32 Å². The Hall–Kier alpha value is -1.68. The van der Waals surface area contributed by atoms with Crippen LogP contribution in [0.4, 0.5) is 10.1 Å². The fraction of sp³-hybridized carbons (Fsp3) is 0.188. The van der Waals surface area contributed by atoms with E-state index in [0.717, 1.165) is 12.8 Å². The maximum absolute atomic E-state index is 13.1. The van der Waals surface area contributed by atoms with Gasteiger partial charge in [0.1, 0.15) is 5.82 Å². The van der Waals surface area contributed by atoms with Gasteiger partial charge in [-0.1, -0.05) is 30.3 Å². The van der Waals surface area contributed by atoms with Gasteiger partial charge in [0.25, 0.3) is 0 Å². The smallest absolute Gasteiger partial charge is 0.224 e. The van der Waals surface area contributed by atoms with Crippen LogP contribution >= 0.6 is 15.9 Å². The van der Waals surface area contributed by atoms with Gasteiger partial charge in [-0.15, -0.1) is 0 Å². The van der Waals surface area contributed by atoms with E-state index in [1.807, 2.05) is 18.2 Å². The zero-order valence-corrected chi connectivity index (χ0v) is 12.5. The number of aryl methyl sites for hydroxylation is 1. The predicted molar refractivity (Wildman–Crippen MR) is 82.1 cm³/mol. The van der Waals surface area contributed by atoms with E-state index in [4.69, 9.17) is 0 Å². The lowest BCUT2D eigenvalue weighted by molar-refractivity contribution is -0.116. The molecule has 0 unspecified atom stereocenters. The summed E-state index contributed by atoms with van der Waals surface area (Å²) in [5.74, 6) is -0.397. The third-order valence-corrected chi connectivity index (χ3v) is 3.52. The second kappa shape index (κ2) is 7.20. The molecule has 0 spiro atoms. The molecule has 20 heavy (non-hydrogen) atoms. The first-order chi connectivity index (χ1) is 9.65. The monoisotopic (exact) mass is 335 g/mol. The summed E-state index contributed by atoms with van der Waals surface area (Å²) in [5, 5.41) is 2.76. The van der Waals surface area contributed by atoms with E-state index >= 15 is 0 Å². The molecule has 2 nitrogen and oxygen atoms in total. The quantitative estimate of drug-likeness (QED) is 0.853. The number of hydrogen-bond acceptors (Lipinski definition) is 1. The van der Waals surface area contributed by atoms with Crippen LogP contribution in [0.15, 0.2) is 53.0 Å². The number of nitrogens with one attached hydrogen (secondary N) is 1. The number of amides is 1. The van der Waals surface area contributed by atoms with Crippen molar-refractivity contribution in [2.24, 2.45) is 0 Å². The largest absolute Gasteiger partial charge is 0.326 e. The number of hydrogen-bond donors (Lipinski definition) is 1. The summed E-state index contributed by atoms with van der Waals surface area (Å²) in [6, 6.07) is 14.5. The zero-order valence-electron chi connectivity index (χ0n) is 10.9. The van der Waals surface area contributed by atoms with Crippen molar-refractivity contribution >= 4 is 27.5 Å². The van der Waals surface area contributed by atoms with Crippen LogP contribution in [-0.4, -0.2) is 5.91 Å². The summed E-state index contributed by atoms with van der Waals surface area (Å²) in [7, 11) is 0. The van der Waals surface area contributed by atoms with Gasteiger partial charge in [0.15, 0.2) is 0 Å². The predicted octanol–water partition coefficient (Wildman–Crippen LogP) is 4.55. The van der Waals surface area contributed by atoms with E-state index in [2.05, 4.69) is 33.4 Å². The first-order valence-corrected chi connectivity index (χ1v) is 7.23. The molecule has 0 atom stereocenters. The summed E-state index contributed by atoms with van der Waals surface area (Å²) in [5.41, 5.74) is 1.83. The van der Waals surface area contributed by atoms with Crippen molar-refractivity contribution in [1.29, 1.82) is 0 Å². The zero-order chi connectivity index (χ0) is 14.4. The highest BCUT2D eigenvalue weighted by molar-refractivity contribution is 9.10. The van der Waals surface area contributed by atoms with Gasteiger partial charge in [0, 0.05) is 12.1 Å². The van der Waals surface area contributed by atoms with Crippen LogP contribution in [-0.2, 0) is 11.2 Å². The van der Waals surface area contributed by atoms with Crippen LogP contribution < -0.4 is 5.32 Å². The molecule has 1 N–H and O–H groups in total. The number of carbonyl (C=O) groups excluding carboxylic acids is 1. The van der Waals surface area contributed by atoms with E-state index < -0.39 is 0 Å². The second-order valence-corrected chi connectivity index (χ2v) is 5.37. The van der Waals surface area contributed by atoms with Gasteiger partial charge in [-0.05, 0) is 52.5 Å². The fourth-order valence-corrected chi connectivity index (χ4v) is 2.27. The standard InChI is InChI=1S/C16H15BrFNO/c17-14-11-13(9-10-15(14)18)19-16(20)8-4-7-12-5-2-1-3-6-12/h1-3,5-6,9-11H,4,7-8H2,(H,19,20). The average Bonchev–Trinajstić information content (AvgIpc) is 2.44. The van der Waals surface area contributed by atoms with Crippen molar-refractivity contribution in [3.05, 3.63) is 64.4 Å². The minimum absolute atomic E-state index is 0.0561. The summed E-state index contributed by atoms with van der Waals surface area (Å²) in [6.45, 7) is 0. The normalized spacial score (nSPS) is 10.3. The van der Waals surface area contributed by atoms with E-state index in [9.17, 15) is 9.18 Å². The maximum atomic E-state index is 13.1. The van der Waals surface area contributed by atoms with Gasteiger partial charge in [-0.2, -0.15) is 0 Å². The molecule has 0 saturated carbocycles. The molecule has 0 heterocycles. The Balaban J connectivity index is 1.79. The third kappa shape index (κ3) is 4.46. The summed E-state index contributed by atoms with van der Waals surface area (Å²) in [6.07, 6.45) is 2.11. The molecular formula is C16H15BrFNO. The van der Waals surface area contributed by atoms with Crippen molar-refractivity contribution in [3.63, 3.8) is 0 Å². The topological polar surface area (TPSA) is 29.1 Å². The molecule has 2 rings (SSSR count). The Morgan fingerprint density at radius 3 is 2.60 bits per heavy atom. The Kier molecular flexibility index (Phi) is 5.30. The molecule has 0 aromatic heterocycles. The van der Waals surface area contributed by atoms with Crippen molar-refractivity contribution in [3.8, 4) is 0 Å². The summed E-state index contributed by atoms with van der Waals surface area (Å²) in [4.78, 5) is 11.8. The van der Waals surface area contributed by atoms with Crippen molar-refractivity contribution < 1.29 is 9.18 Å². The summed E-state index contributed by atoms with van der Waals surface area (Å²) < 4.78 is 13.4. The number of anilines is 1. The van der Waals surface area contributed by atoms with Crippen LogP contribution in [0.25, 0.3) is 0 Å². The highest BCUT2D eigenvalue weighted by Gasteiger charge is 2.05. The Morgan fingerprint density at radius 2 is 1.90 bits per heavy atom. The molecule has 104 valence electrons. The van der Waals surface area contributed by atoms with Gasteiger partial charge in [0.05, 0.1) is 4.47 Å². The lowest BCUT2D eigenvalue weighted by Gasteiger charge is -2.06. The summed E-state index contributed by atoms with van der Waals surface area (Å²) >= 11 is 3.09. The molecule has 0 aliphatic carbocycles. The minimum Gasteiger partial charge on any atom is -0.326 e. The van der Waals surface area contributed by atoms with Crippen LogP contribution in [0, 0.1) is 5.82 Å². The van der Waals surface area contributed by atoms with Crippen LogP contribution in [0.3, 0.4) is 0 Å². The molecule has 0 aliphatic rings. The number of rotatable bonds is 5. The van der Waals surface area contributed by atoms with Gasteiger partial charge < -0.3 is 5.32 Å². The highest BCUT2D eigenvalue weighted by atomic mass is 79.9. The van der Waals surface area contributed by atoms with E-state index in [-0.39, 0.29) is 11.7 Å². The Labute approximate surface area is 126 Å².